The van der Waals surface area contributed by atoms with Gasteiger partial charge in [-0.3, -0.25) is 0 Å². The molecule has 14 heavy (non-hydrogen) atoms. The summed E-state index contributed by atoms with van der Waals surface area (Å²) >= 11 is 5.86. The zero-order chi connectivity index (χ0) is 10.4. The lowest BCUT2D eigenvalue weighted by Gasteiger charge is -2.07. The summed E-state index contributed by atoms with van der Waals surface area (Å²) in [5.41, 5.74) is 7.07. The fourth-order valence-corrected chi connectivity index (χ4v) is 1.48. The summed E-state index contributed by atoms with van der Waals surface area (Å²) in [6, 6.07) is 7.88. The Bertz CT molecular complexity index is 349. The molecule has 2 heteroatoms. The van der Waals surface area contributed by atoms with Crippen LogP contribution in [0.1, 0.15) is 18.9 Å². The number of benzene rings is 1. The van der Waals surface area contributed by atoms with Crippen LogP contribution in [0.5, 0.6) is 0 Å². The average molecular weight is 208 g/mol. The fraction of sp³-hybridized carbons (Fsp3) is 0.333. The summed E-state index contributed by atoms with van der Waals surface area (Å²) in [6.07, 6.45) is 1.57. The van der Waals surface area contributed by atoms with E-state index < -0.39 is 0 Å². The molecule has 1 unspecified atom stereocenters. The summed E-state index contributed by atoms with van der Waals surface area (Å²) < 4.78 is 0. The predicted octanol–water partition coefficient (Wildman–Crippen LogP) is 2.62. The molecule has 1 aromatic rings. The second-order valence-electron chi connectivity index (χ2n) is 3.23. The summed E-state index contributed by atoms with van der Waals surface area (Å²) in [5, 5.41) is 0.760. The molecule has 1 nitrogen and oxygen atoms in total. The van der Waals surface area contributed by atoms with Gasteiger partial charge in [-0.25, -0.2) is 0 Å². The van der Waals surface area contributed by atoms with E-state index in [9.17, 15) is 0 Å². The average Bonchev–Trinajstić information content (AvgIpc) is 2.15. The first-order chi connectivity index (χ1) is 6.72. The molecule has 0 aliphatic heterocycles. The van der Waals surface area contributed by atoms with Gasteiger partial charge in [-0.2, -0.15) is 0 Å². The summed E-state index contributed by atoms with van der Waals surface area (Å²) in [6.45, 7) is 1.83. The first kappa shape index (κ1) is 11.1. The van der Waals surface area contributed by atoms with Crippen LogP contribution in [-0.4, -0.2) is 6.04 Å². The van der Waals surface area contributed by atoms with Gasteiger partial charge in [-0.1, -0.05) is 23.7 Å². The topological polar surface area (TPSA) is 26.0 Å². The molecule has 0 heterocycles. The van der Waals surface area contributed by atoms with Crippen LogP contribution >= 0.6 is 11.6 Å². The van der Waals surface area contributed by atoms with Crippen molar-refractivity contribution < 1.29 is 0 Å². The maximum atomic E-state index is 5.90. The molecule has 1 rings (SSSR count). The lowest BCUT2D eigenvalue weighted by molar-refractivity contribution is 0.689. The number of nitrogens with two attached hydrogens (primary N) is 1. The van der Waals surface area contributed by atoms with Crippen molar-refractivity contribution >= 4 is 11.6 Å². The van der Waals surface area contributed by atoms with Crippen LogP contribution < -0.4 is 5.73 Å². The van der Waals surface area contributed by atoms with Crippen molar-refractivity contribution in [2.45, 2.75) is 25.8 Å². The molecule has 0 radical (unpaired) electrons. The van der Waals surface area contributed by atoms with E-state index in [1.165, 1.54) is 5.56 Å². The zero-order valence-corrected chi connectivity index (χ0v) is 9.01. The first-order valence-corrected chi connectivity index (χ1v) is 5.00. The van der Waals surface area contributed by atoms with E-state index in [0.717, 1.165) is 17.9 Å². The molecule has 74 valence electrons. The van der Waals surface area contributed by atoms with Crippen molar-refractivity contribution in [1.29, 1.82) is 0 Å². The van der Waals surface area contributed by atoms with Gasteiger partial charge < -0.3 is 5.73 Å². The molecular weight excluding hydrogens is 194 g/mol. The molecule has 0 bridgehead atoms. The standard InChI is InChI=1S/C12H14ClN/c1-2-3-7-12(14)9-10-5-4-6-11(13)8-10/h4-6,8,12H,7,9,14H2,1H3. The van der Waals surface area contributed by atoms with Gasteiger partial charge in [-0.05, 0) is 31.0 Å². The molecule has 1 aromatic carbocycles. The Morgan fingerprint density at radius 1 is 1.50 bits per heavy atom. The molecule has 0 spiro atoms. The summed E-state index contributed by atoms with van der Waals surface area (Å²) in [7, 11) is 0. The van der Waals surface area contributed by atoms with Gasteiger partial charge in [0.05, 0.1) is 0 Å². The van der Waals surface area contributed by atoms with Crippen molar-refractivity contribution in [3.63, 3.8) is 0 Å². The Hall–Kier alpha value is -0.970. The Morgan fingerprint density at radius 2 is 2.29 bits per heavy atom. The number of hydrogen-bond acceptors (Lipinski definition) is 1. The van der Waals surface area contributed by atoms with Gasteiger partial charge in [0.2, 0.25) is 0 Å². The highest BCUT2D eigenvalue weighted by atomic mass is 35.5. The van der Waals surface area contributed by atoms with E-state index in [1.807, 2.05) is 31.2 Å². The molecule has 0 saturated carbocycles. The Kier molecular flexibility index (Phi) is 4.52. The monoisotopic (exact) mass is 207 g/mol. The lowest BCUT2D eigenvalue weighted by Crippen LogP contribution is -2.21. The Balaban J connectivity index is 2.54. The van der Waals surface area contributed by atoms with Crippen LogP contribution in [0.2, 0.25) is 5.02 Å². The van der Waals surface area contributed by atoms with Crippen LogP contribution in [0.25, 0.3) is 0 Å². The van der Waals surface area contributed by atoms with Crippen LogP contribution in [-0.2, 0) is 6.42 Å². The highest BCUT2D eigenvalue weighted by Crippen LogP contribution is 2.12. The van der Waals surface area contributed by atoms with Crippen LogP contribution in [0.3, 0.4) is 0 Å². The summed E-state index contributed by atoms with van der Waals surface area (Å²) in [4.78, 5) is 0. The molecular formula is C12H14ClN. The number of hydrogen-bond donors (Lipinski definition) is 1. The van der Waals surface area contributed by atoms with Crippen LogP contribution in [0, 0.1) is 11.8 Å². The third kappa shape index (κ3) is 3.83. The van der Waals surface area contributed by atoms with E-state index in [4.69, 9.17) is 17.3 Å². The van der Waals surface area contributed by atoms with E-state index in [2.05, 4.69) is 11.8 Å². The van der Waals surface area contributed by atoms with Gasteiger partial charge in [0.25, 0.3) is 0 Å². The second-order valence-corrected chi connectivity index (χ2v) is 3.66. The molecule has 0 saturated heterocycles. The third-order valence-corrected chi connectivity index (χ3v) is 2.16. The quantitative estimate of drug-likeness (QED) is 0.758. The van der Waals surface area contributed by atoms with Gasteiger partial charge in [-0.15, -0.1) is 11.8 Å². The molecule has 0 aliphatic carbocycles. The SMILES string of the molecule is CC#CCC(N)Cc1cccc(Cl)c1. The maximum Gasteiger partial charge on any atom is 0.0408 e. The highest BCUT2D eigenvalue weighted by molar-refractivity contribution is 6.30. The molecule has 2 N–H and O–H groups in total. The lowest BCUT2D eigenvalue weighted by atomic mass is 10.0. The van der Waals surface area contributed by atoms with E-state index in [1.54, 1.807) is 0 Å². The maximum absolute atomic E-state index is 5.90. The van der Waals surface area contributed by atoms with E-state index in [0.29, 0.717) is 0 Å². The van der Waals surface area contributed by atoms with Crippen LogP contribution in [0.4, 0.5) is 0 Å². The smallest absolute Gasteiger partial charge is 0.0408 e. The van der Waals surface area contributed by atoms with E-state index in [-0.39, 0.29) is 6.04 Å². The molecule has 0 fully saturated rings. The molecule has 0 aliphatic rings. The molecule has 0 amide bonds. The predicted molar refractivity (Wildman–Crippen MR) is 61.2 cm³/mol. The molecule has 1 atom stereocenters. The largest absolute Gasteiger partial charge is 0.327 e. The molecule has 0 aromatic heterocycles. The number of rotatable bonds is 3. The second kappa shape index (κ2) is 5.70. The van der Waals surface area contributed by atoms with Crippen molar-refractivity contribution in [1.82, 2.24) is 0 Å². The minimum Gasteiger partial charge on any atom is -0.327 e. The minimum atomic E-state index is 0.0981. The third-order valence-electron chi connectivity index (χ3n) is 1.93. The summed E-state index contributed by atoms with van der Waals surface area (Å²) in [5.74, 6) is 5.81. The van der Waals surface area contributed by atoms with Gasteiger partial charge >= 0.3 is 0 Å². The Labute approximate surface area is 90.3 Å². The highest BCUT2D eigenvalue weighted by Gasteiger charge is 2.02. The first-order valence-electron chi connectivity index (χ1n) is 4.62. The van der Waals surface area contributed by atoms with E-state index >= 15 is 0 Å². The van der Waals surface area contributed by atoms with Crippen LogP contribution in [0.15, 0.2) is 24.3 Å². The van der Waals surface area contributed by atoms with Gasteiger partial charge in [0.15, 0.2) is 0 Å². The van der Waals surface area contributed by atoms with Gasteiger partial charge in [0, 0.05) is 17.5 Å². The van der Waals surface area contributed by atoms with Crippen molar-refractivity contribution in [2.75, 3.05) is 0 Å². The Morgan fingerprint density at radius 3 is 2.93 bits per heavy atom. The van der Waals surface area contributed by atoms with Crippen molar-refractivity contribution in [2.24, 2.45) is 5.73 Å². The number of halogens is 1. The normalized spacial score (nSPS) is 11.6. The zero-order valence-electron chi connectivity index (χ0n) is 8.26. The van der Waals surface area contributed by atoms with Crippen molar-refractivity contribution in [3.8, 4) is 11.8 Å². The fourth-order valence-electron chi connectivity index (χ4n) is 1.27. The van der Waals surface area contributed by atoms with Crippen molar-refractivity contribution in [3.05, 3.63) is 34.9 Å². The van der Waals surface area contributed by atoms with Gasteiger partial charge in [0.1, 0.15) is 0 Å². The minimum absolute atomic E-state index is 0.0981.